The predicted molar refractivity (Wildman–Crippen MR) is 152 cm³/mol. The number of carbonyl (C=O) groups is 1. The van der Waals surface area contributed by atoms with Crippen LogP contribution in [0.1, 0.15) is 28.7 Å². The lowest BCUT2D eigenvalue weighted by Gasteiger charge is -2.41. The van der Waals surface area contributed by atoms with Crippen LogP contribution in [-0.4, -0.2) is 72.1 Å². The van der Waals surface area contributed by atoms with Crippen molar-refractivity contribution in [2.45, 2.75) is 26.4 Å². The molecule has 0 bridgehead atoms. The van der Waals surface area contributed by atoms with Crippen molar-refractivity contribution in [3.05, 3.63) is 88.1 Å². The Labute approximate surface area is 224 Å². The Morgan fingerprint density at radius 2 is 1.66 bits per heavy atom. The van der Waals surface area contributed by atoms with Crippen LogP contribution < -0.4 is 9.80 Å². The van der Waals surface area contributed by atoms with E-state index in [0.29, 0.717) is 12.2 Å². The van der Waals surface area contributed by atoms with Gasteiger partial charge in [0.05, 0.1) is 5.69 Å². The van der Waals surface area contributed by atoms with Crippen molar-refractivity contribution in [2.75, 3.05) is 55.6 Å². The van der Waals surface area contributed by atoms with E-state index in [1.54, 1.807) is 0 Å². The highest BCUT2D eigenvalue weighted by molar-refractivity contribution is 5.93. The largest absolute Gasteiger partial charge is 0.369 e. The fourth-order valence-corrected chi connectivity index (χ4v) is 5.66. The van der Waals surface area contributed by atoms with Crippen LogP contribution in [0.15, 0.2) is 65.8 Å². The molecule has 1 aromatic heterocycles. The summed E-state index contributed by atoms with van der Waals surface area (Å²) in [6, 6.07) is 20.4. The van der Waals surface area contributed by atoms with Crippen LogP contribution in [0.3, 0.4) is 0 Å². The van der Waals surface area contributed by atoms with Gasteiger partial charge in [0.1, 0.15) is 5.69 Å². The molecule has 2 aliphatic rings. The van der Waals surface area contributed by atoms with E-state index in [0.717, 1.165) is 62.9 Å². The third kappa shape index (κ3) is 5.21. The zero-order chi connectivity index (χ0) is 26.6. The maximum atomic E-state index is 13.6. The zero-order valence-electron chi connectivity index (χ0n) is 22.5. The van der Waals surface area contributed by atoms with E-state index < -0.39 is 0 Å². The standard InChI is InChI=1S/C29H36N8O/c1-22-20-36(25-9-5-4-6-10-25)17-18-37(22)29(38)28-19-24(23(2)33(28)3)21-34-13-15-35(16-14-34)27-12-8-7-11-26(27)31-32-30/h4-12,19,22H,13-18,20-21H2,1-3H3/t22-/m0/s1. The molecule has 38 heavy (non-hydrogen) atoms. The number of aromatic nitrogens is 1. The van der Waals surface area contributed by atoms with Gasteiger partial charge >= 0.3 is 0 Å². The average molecular weight is 513 g/mol. The van der Waals surface area contributed by atoms with Crippen LogP contribution in [0.4, 0.5) is 17.1 Å². The summed E-state index contributed by atoms with van der Waals surface area (Å²) < 4.78 is 2.06. The van der Waals surface area contributed by atoms with Crippen LogP contribution in [-0.2, 0) is 13.6 Å². The number of anilines is 2. The Hall–Kier alpha value is -3.94. The fourth-order valence-electron chi connectivity index (χ4n) is 5.66. The van der Waals surface area contributed by atoms with Gasteiger partial charge in [0, 0.05) is 87.4 Å². The van der Waals surface area contributed by atoms with Gasteiger partial charge in [-0.2, -0.15) is 0 Å². The molecule has 1 amide bonds. The summed E-state index contributed by atoms with van der Waals surface area (Å²) in [5, 5.41) is 3.86. The Morgan fingerprint density at radius 3 is 2.37 bits per heavy atom. The van der Waals surface area contributed by atoms with Crippen molar-refractivity contribution in [3.63, 3.8) is 0 Å². The van der Waals surface area contributed by atoms with Gasteiger partial charge in [-0.3, -0.25) is 9.69 Å². The van der Waals surface area contributed by atoms with Gasteiger partial charge in [-0.15, -0.1) is 0 Å². The first-order valence-electron chi connectivity index (χ1n) is 13.3. The van der Waals surface area contributed by atoms with Gasteiger partial charge in [0.2, 0.25) is 0 Å². The second-order valence-electron chi connectivity index (χ2n) is 10.3. The molecule has 0 spiro atoms. The van der Waals surface area contributed by atoms with Gasteiger partial charge in [-0.25, -0.2) is 0 Å². The molecular weight excluding hydrogens is 476 g/mol. The maximum Gasteiger partial charge on any atom is 0.270 e. The SMILES string of the molecule is Cc1c(CN2CCN(c3ccccc3N=[N+]=[N-])CC2)cc(C(=O)N2CCN(c3ccccc3)C[C@@H]2C)n1C. The Kier molecular flexibility index (Phi) is 7.58. The summed E-state index contributed by atoms with van der Waals surface area (Å²) in [6.07, 6.45) is 0. The minimum atomic E-state index is 0.113. The highest BCUT2D eigenvalue weighted by Crippen LogP contribution is 2.30. The van der Waals surface area contributed by atoms with E-state index in [1.807, 2.05) is 42.3 Å². The van der Waals surface area contributed by atoms with Crippen LogP contribution in [0, 0.1) is 6.92 Å². The smallest absolute Gasteiger partial charge is 0.270 e. The third-order valence-corrected chi connectivity index (χ3v) is 8.01. The van der Waals surface area contributed by atoms with Crippen LogP contribution in [0.5, 0.6) is 0 Å². The van der Waals surface area contributed by atoms with Crippen molar-refractivity contribution in [2.24, 2.45) is 12.2 Å². The number of amides is 1. The lowest BCUT2D eigenvalue weighted by Crippen LogP contribution is -2.54. The second-order valence-corrected chi connectivity index (χ2v) is 10.3. The summed E-state index contributed by atoms with van der Waals surface area (Å²) in [5.74, 6) is 0.113. The van der Waals surface area contributed by atoms with Crippen molar-refractivity contribution >= 4 is 23.0 Å². The highest BCUT2D eigenvalue weighted by atomic mass is 16.2. The number of para-hydroxylation sites is 2. The summed E-state index contributed by atoms with van der Waals surface area (Å²) in [6.45, 7) is 11.0. The minimum Gasteiger partial charge on any atom is -0.369 e. The van der Waals surface area contributed by atoms with Gasteiger partial charge in [0.25, 0.3) is 5.91 Å². The van der Waals surface area contributed by atoms with Crippen LogP contribution in [0.25, 0.3) is 10.4 Å². The molecule has 3 aromatic rings. The van der Waals surface area contributed by atoms with E-state index in [9.17, 15) is 4.79 Å². The fraction of sp³-hybridized carbons (Fsp3) is 0.414. The molecule has 198 valence electrons. The first-order chi connectivity index (χ1) is 18.5. The maximum absolute atomic E-state index is 13.6. The van der Waals surface area contributed by atoms with Gasteiger partial charge < -0.3 is 19.3 Å². The second kappa shape index (κ2) is 11.2. The first kappa shape index (κ1) is 25.7. The molecule has 2 fully saturated rings. The number of piperazine rings is 2. The Morgan fingerprint density at radius 1 is 0.974 bits per heavy atom. The number of hydrogen-bond donors (Lipinski definition) is 0. The molecule has 1 atom stereocenters. The summed E-state index contributed by atoms with van der Waals surface area (Å²) in [7, 11) is 2.00. The lowest BCUT2D eigenvalue weighted by molar-refractivity contribution is 0.0664. The van der Waals surface area contributed by atoms with Crippen LogP contribution >= 0.6 is 0 Å². The van der Waals surface area contributed by atoms with Crippen LogP contribution in [0.2, 0.25) is 0 Å². The molecule has 5 rings (SSSR count). The monoisotopic (exact) mass is 512 g/mol. The normalized spacial score (nSPS) is 18.4. The van der Waals surface area contributed by atoms with E-state index >= 15 is 0 Å². The lowest BCUT2D eigenvalue weighted by atomic mass is 10.1. The molecule has 2 aromatic carbocycles. The highest BCUT2D eigenvalue weighted by Gasteiger charge is 2.30. The molecule has 0 N–H and O–H groups in total. The molecule has 2 aliphatic heterocycles. The molecular formula is C29H36N8O. The zero-order valence-corrected chi connectivity index (χ0v) is 22.5. The molecule has 0 aliphatic carbocycles. The summed E-state index contributed by atoms with van der Waals surface area (Å²) >= 11 is 0. The Balaban J connectivity index is 1.22. The minimum absolute atomic E-state index is 0.113. The van der Waals surface area contributed by atoms with Gasteiger partial charge in [0.15, 0.2) is 0 Å². The molecule has 0 radical (unpaired) electrons. The first-order valence-corrected chi connectivity index (χ1v) is 13.3. The quantitative estimate of drug-likeness (QED) is 0.266. The number of azide groups is 1. The number of rotatable bonds is 6. The summed E-state index contributed by atoms with van der Waals surface area (Å²) in [5.41, 5.74) is 14.9. The van der Waals surface area contributed by atoms with E-state index in [-0.39, 0.29) is 11.9 Å². The number of hydrogen-bond acceptors (Lipinski definition) is 5. The van der Waals surface area contributed by atoms with Crippen molar-refractivity contribution in [1.82, 2.24) is 14.4 Å². The number of nitrogens with zero attached hydrogens (tertiary/aromatic N) is 8. The average Bonchev–Trinajstić information content (AvgIpc) is 3.22. The summed E-state index contributed by atoms with van der Waals surface area (Å²) in [4.78, 5) is 25.7. The molecule has 9 nitrogen and oxygen atoms in total. The number of benzene rings is 2. The van der Waals surface area contributed by atoms with E-state index in [2.05, 4.69) is 73.5 Å². The van der Waals surface area contributed by atoms with Crippen molar-refractivity contribution in [3.8, 4) is 0 Å². The Bertz CT molecular complexity index is 1320. The molecule has 0 saturated carbocycles. The molecule has 2 saturated heterocycles. The molecule has 0 unspecified atom stereocenters. The van der Waals surface area contributed by atoms with Crippen molar-refractivity contribution in [1.29, 1.82) is 0 Å². The molecule has 9 heteroatoms. The van der Waals surface area contributed by atoms with E-state index in [4.69, 9.17) is 5.53 Å². The topological polar surface area (TPSA) is 83.7 Å². The van der Waals surface area contributed by atoms with E-state index in [1.165, 1.54) is 11.3 Å². The molecule has 3 heterocycles. The van der Waals surface area contributed by atoms with Gasteiger partial charge in [-0.05, 0) is 49.2 Å². The van der Waals surface area contributed by atoms with Crippen molar-refractivity contribution < 1.29 is 4.79 Å². The third-order valence-electron chi connectivity index (χ3n) is 8.01. The number of carbonyl (C=O) groups excluding carboxylic acids is 1. The van der Waals surface area contributed by atoms with Gasteiger partial charge in [-0.1, -0.05) is 41.5 Å². The predicted octanol–water partition coefficient (Wildman–Crippen LogP) is 4.95.